The SMILES string of the molecule is C=C/C=C(C)\C(=C/C=C)N(C=C)CCCN1CCN(Cc2cc3c(cn2)OCCO3)CC1. The van der Waals surface area contributed by atoms with Crippen molar-refractivity contribution in [1.82, 2.24) is 19.7 Å². The lowest BCUT2D eigenvalue weighted by molar-refractivity contribution is 0.123. The van der Waals surface area contributed by atoms with Gasteiger partial charge in [0.15, 0.2) is 11.5 Å². The minimum atomic E-state index is 0.595. The van der Waals surface area contributed by atoms with Crippen molar-refractivity contribution in [3.05, 3.63) is 79.5 Å². The van der Waals surface area contributed by atoms with Crippen LogP contribution in [-0.4, -0.2) is 72.2 Å². The zero-order chi connectivity index (χ0) is 22.8. The molecular weight excluding hydrogens is 400 g/mol. The number of fused-ring (bicyclic) bond motifs is 1. The van der Waals surface area contributed by atoms with Gasteiger partial charge in [0.2, 0.25) is 0 Å². The Kier molecular flexibility index (Phi) is 9.13. The maximum atomic E-state index is 5.68. The molecule has 0 atom stereocenters. The van der Waals surface area contributed by atoms with Gasteiger partial charge in [-0.2, -0.15) is 0 Å². The quantitative estimate of drug-likeness (QED) is 0.488. The summed E-state index contributed by atoms with van der Waals surface area (Å²) in [6.07, 6.45) is 12.4. The molecule has 6 nitrogen and oxygen atoms in total. The smallest absolute Gasteiger partial charge is 0.179 e. The topological polar surface area (TPSA) is 41.1 Å². The number of aromatic nitrogens is 1. The van der Waals surface area contributed by atoms with Crippen LogP contribution in [0.1, 0.15) is 19.0 Å². The van der Waals surface area contributed by atoms with Crippen molar-refractivity contribution in [1.29, 1.82) is 0 Å². The molecule has 2 aliphatic rings. The van der Waals surface area contributed by atoms with E-state index in [0.29, 0.717) is 13.2 Å². The largest absolute Gasteiger partial charge is 0.486 e. The first kappa shape index (κ1) is 23.8. The summed E-state index contributed by atoms with van der Waals surface area (Å²) < 4.78 is 11.2. The van der Waals surface area contributed by atoms with E-state index in [4.69, 9.17) is 9.47 Å². The molecule has 1 fully saturated rings. The van der Waals surface area contributed by atoms with Crippen molar-refractivity contribution in [3.63, 3.8) is 0 Å². The van der Waals surface area contributed by atoms with Gasteiger partial charge >= 0.3 is 0 Å². The van der Waals surface area contributed by atoms with E-state index >= 15 is 0 Å². The van der Waals surface area contributed by atoms with Crippen LogP contribution in [0.25, 0.3) is 0 Å². The highest BCUT2D eigenvalue weighted by atomic mass is 16.6. The molecule has 0 saturated carbocycles. The molecule has 0 aliphatic carbocycles. The predicted octanol–water partition coefficient (Wildman–Crippen LogP) is 4.01. The Morgan fingerprint density at radius 3 is 2.41 bits per heavy atom. The van der Waals surface area contributed by atoms with Gasteiger partial charge in [-0.1, -0.05) is 38.0 Å². The number of allylic oxidation sites excluding steroid dienone is 5. The second-order valence-corrected chi connectivity index (χ2v) is 8.04. The Morgan fingerprint density at radius 2 is 1.72 bits per heavy atom. The van der Waals surface area contributed by atoms with Gasteiger partial charge in [-0.15, -0.1) is 0 Å². The maximum absolute atomic E-state index is 5.68. The molecule has 0 N–H and O–H groups in total. The molecule has 0 spiro atoms. The molecule has 2 aliphatic heterocycles. The molecule has 1 aromatic rings. The molecule has 0 aromatic carbocycles. The molecule has 3 heterocycles. The molecule has 6 heteroatoms. The number of piperazine rings is 1. The number of nitrogens with zero attached hydrogens (tertiary/aromatic N) is 4. The summed E-state index contributed by atoms with van der Waals surface area (Å²) in [5.41, 5.74) is 3.31. The van der Waals surface area contributed by atoms with Crippen molar-refractivity contribution >= 4 is 0 Å². The lowest BCUT2D eigenvalue weighted by Gasteiger charge is -2.35. The van der Waals surface area contributed by atoms with E-state index in [9.17, 15) is 0 Å². The average molecular weight is 437 g/mol. The van der Waals surface area contributed by atoms with Crippen LogP contribution in [0, 0.1) is 0 Å². The van der Waals surface area contributed by atoms with Crippen LogP contribution in [0.5, 0.6) is 11.5 Å². The lowest BCUT2D eigenvalue weighted by Crippen LogP contribution is -2.46. The van der Waals surface area contributed by atoms with E-state index in [1.54, 1.807) is 6.20 Å². The van der Waals surface area contributed by atoms with Crippen LogP contribution >= 0.6 is 0 Å². The summed E-state index contributed by atoms with van der Waals surface area (Å²) in [5, 5.41) is 0. The molecule has 32 heavy (non-hydrogen) atoms. The van der Waals surface area contributed by atoms with Crippen molar-refractivity contribution in [2.24, 2.45) is 0 Å². The van der Waals surface area contributed by atoms with Crippen LogP contribution in [-0.2, 0) is 6.54 Å². The van der Waals surface area contributed by atoms with Gasteiger partial charge in [-0.05, 0) is 37.7 Å². The first-order valence-corrected chi connectivity index (χ1v) is 11.4. The fraction of sp³-hybridized carbons (Fsp3) is 0.423. The molecule has 0 radical (unpaired) electrons. The van der Waals surface area contributed by atoms with E-state index in [1.165, 1.54) is 0 Å². The Bertz CT molecular complexity index is 853. The molecular formula is C26H36N4O2. The van der Waals surface area contributed by atoms with Crippen LogP contribution in [0.4, 0.5) is 0 Å². The summed E-state index contributed by atoms with van der Waals surface area (Å²) in [7, 11) is 0. The average Bonchev–Trinajstić information content (AvgIpc) is 2.82. The second-order valence-electron chi connectivity index (χ2n) is 8.04. The minimum Gasteiger partial charge on any atom is -0.486 e. The lowest BCUT2D eigenvalue weighted by atomic mass is 10.1. The van der Waals surface area contributed by atoms with Crippen LogP contribution in [0.15, 0.2) is 73.8 Å². The standard InChI is InChI=1S/C26H36N4O2/c1-5-9-22(4)24(10-6-2)30(7-3)12-8-11-28-13-15-29(16-14-28)21-23-19-25-26(20-27-23)32-18-17-31-25/h5-7,9-10,19-20H,1-3,8,11-18,21H2,4H3/b22-9-,24-10+. The van der Waals surface area contributed by atoms with Gasteiger partial charge in [0.25, 0.3) is 0 Å². The maximum Gasteiger partial charge on any atom is 0.179 e. The molecule has 172 valence electrons. The highest BCUT2D eigenvalue weighted by Crippen LogP contribution is 2.29. The van der Waals surface area contributed by atoms with Crippen molar-refractivity contribution in [2.45, 2.75) is 19.9 Å². The summed E-state index contributed by atoms with van der Waals surface area (Å²) in [5.74, 6) is 1.56. The first-order valence-electron chi connectivity index (χ1n) is 11.4. The Balaban J connectivity index is 1.43. The molecule has 1 aromatic heterocycles. The number of hydrogen-bond donors (Lipinski definition) is 0. The van der Waals surface area contributed by atoms with E-state index in [-0.39, 0.29) is 0 Å². The summed E-state index contributed by atoms with van der Waals surface area (Å²) in [4.78, 5) is 11.7. The monoisotopic (exact) mass is 436 g/mol. The van der Waals surface area contributed by atoms with E-state index in [0.717, 1.165) is 80.7 Å². The number of ether oxygens (including phenoxy) is 2. The van der Waals surface area contributed by atoms with Crippen LogP contribution in [0.3, 0.4) is 0 Å². The number of hydrogen-bond acceptors (Lipinski definition) is 6. The zero-order valence-electron chi connectivity index (χ0n) is 19.3. The van der Waals surface area contributed by atoms with Gasteiger partial charge in [-0.25, -0.2) is 0 Å². The molecule has 3 rings (SSSR count). The number of pyridine rings is 1. The third-order valence-corrected chi connectivity index (χ3v) is 5.79. The van der Waals surface area contributed by atoms with E-state index in [1.807, 2.05) is 36.6 Å². The highest BCUT2D eigenvalue weighted by molar-refractivity contribution is 5.40. The third-order valence-electron chi connectivity index (χ3n) is 5.79. The minimum absolute atomic E-state index is 0.595. The van der Waals surface area contributed by atoms with Gasteiger partial charge < -0.3 is 19.3 Å². The van der Waals surface area contributed by atoms with Gasteiger partial charge in [-0.3, -0.25) is 9.88 Å². The van der Waals surface area contributed by atoms with Crippen molar-refractivity contribution in [3.8, 4) is 11.5 Å². The molecule has 0 bridgehead atoms. The summed E-state index contributed by atoms with van der Waals surface area (Å²) in [6.45, 7) is 22.0. The normalized spacial score (nSPS) is 17.7. The summed E-state index contributed by atoms with van der Waals surface area (Å²) >= 11 is 0. The first-order chi connectivity index (χ1) is 15.6. The third kappa shape index (κ3) is 6.58. The van der Waals surface area contributed by atoms with Crippen LogP contribution < -0.4 is 9.47 Å². The van der Waals surface area contributed by atoms with Crippen molar-refractivity contribution in [2.75, 3.05) is 52.5 Å². The number of rotatable bonds is 11. The van der Waals surface area contributed by atoms with E-state index < -0.39 is 0 Å². The summed E-state index contributed by atoms with van der Waals surface area (Å²) in [6, 6.07) is 2.02. The molecule has 1 saturated heterocycles. The second kappa shape index (κ2) is 12.3. The van der Waals surface area contributed by atoms with Crippen molar-refractivity contribution < 1.29 is 9.47 Å². The molecule has 0 unspecified atom stereocenters. The predicted molar refractivity (Wildman–Crippen MR) is 131 cm³/mol. The van der Waals surface area contributed by atoms with Gasteiger partial charge in [0.1, 0.15) is 13.2 Å². The van der Waals surface area contributed by atoms with Crippen LogP contribution in [0.2, 0.25) is 0 Å². The van der Waals surface area contributed by atoms with E-state index in [2.05, 4.69) is 46.3 Å². The Hall–Kier alpha value is -2.83. The molecule has 0 amide bonds. The van der Waals surface area contributed by atoms with Gasteiger partial charge in [0, 0.05) is 51.0 Å². The fourth-order valence-corrected chi connectivity index (χ4v) is 4.08. The zero-order valence-corrected chi connectivity index (χ0v) is 19.3. The fourth-order valence-electron chi connectivity index (χ4n) is 4.08. The van der Waals surface area contributed by atoms with Gasteiger partial charge in [0.05, 0.1) is 11.9 Å². The Labute approximate surface area is 192 Å². The highest BCUT2D eigenvalue weighted by Gasteiger charge is 2.19. The Morgan fingerprint density at radius 1 is 1.03 bits per heavy atom.